The molecule has 184 valence electrons. The van der Waals surface area contributed by atoms with Crippen LogP contribution in [0.2, 0.25) is 0 Å². The fourth-order valence-electron chi connectivity index (χ4n) is 5.03. The molecule has 0 radical (unpaired) electrons. The molecule has 0 aliphatic carbocycles. The van der Waals surface area contributed by atoms with E-state index in [1.165, 1.54) is 144 Å². The second kappa shape index (κ2) is 19.0. The molecule has 0 aromatic carbocycles. The van der Waals surface area contributed by atoms with Crippen molar-refractivity contribution in [2.75, 3.05) is 0 Å². The largest absolute Gasteiger partial charge is 0.143 e. The number of hydrogen-bond donors (Lipinski definition) is 0. The quantitative estimate of drug-likeness (QED) is 0.148. The SMILES string of the molecule is CCCCCCCCCCCC(CCCCCCCCCC)CCc1cc2sccc2s1. The summed E-state index contributed by atoms with van der Waals surface area (Å²) in [6.07, 6.45) is 30.3. The van der Waals surface area contributed by atoms with Crippen LogP contribution in [-0.4, -0.2) is 0 Å². The third-order valence-electron chi connectivity index (χ3n) is 7.17. The third kappa shape index (κ3) is 12.8. The van der Waals surface area contributed by atoms with Crippen molar-refractivity contribution in [2.45, 2.75) is 149 Å². The molecule has 0 fully saturated rings. The van der Waals surface area contributed by atoms with Crippen LogP contribution < -0.4 is 0 Å². The van der Waals surface area contributed by atoms with E-state index in [4.69, 9.17) is 0 Å². The minimum absolute atomic E-state index is 0.958. The summed E-state index contributed by atoms with van der Waals surface area (Å²) in [5.74, 6) is 0.958. The number of fused-ring (bicyclic) bond motifs is 1. The Morgan fingerprint density at radius 3 is 1.59 bits per heavy atom. The minimum Gasteiger partial charge on any atom is -0.143 e. The third-order valence-corrected chi connectivity index (χ3v) is 9.32. The van der Waals surface area contributed by atoms with Crippen molar-refractivity contribution in [3.8, 4) is 0 Å². The molecule has 0 bridgehead atoms. The van der Waals surface area contributed by atoms with Gasteiger partial charge in [0.15, 0.2) is 0 Å². The second-order valence-corrected chi connectivity index (χ2v) is 12.3. The summed E-state index contributed by atoms with van der Waals surface area (Å²) in [5, 5.41) is 2.24. The van der Waals surface area contributed by atoms with Gasteiger partial charge in [0.05, 0.1) is 0 Å². The maximum Gasteiger partial charge on any atom is 0.0453 e. The Morgan fingerprint density at radius 1 is 0.594 bits per heavy atom. The summed E-state index contributed by atoms with van der Waals surface area (Å²) in [7, 11) is 0. The lowest BCUT2D eigenvalue weighted by molar-refractivity contribution is 0.381. The molecule has 0 spiro atoms. The van der Waals surface area contributed by atoms with Gasteiger partial charge in [-0.1, -0.05) is 136 Å². The Morgan fingerprint density at radius 2 is 1.09 bits per heavy atom. The van der Waals surface area contributed by atoms with Gasteiger partial charge in [-0.25, -0.2) is 0 Å². The number of rotatable bonds is 22. The first-order valence-electron chi connectivity index (χ1n) is 14.3. The second-order valence-electron chi connectivity index (χ2n) is 10.1. The first-order chi connectivity index (χ1) is 15.8. The number of thiophene rings is 2. The molecule has 0 saturated heterocycles. The normalized spacial score (nSPS) is 12.7. The molecule has 2 aromatic heterocycles. The van der Waals surface area contributed by atoms with E-state index in [2.05, 4.69) is 31.4 Å². The molecule has 0 aliphatic rings. The maximum absolute atomic E-state index is 2.47. The van der Waals surface area contributed by atoms with Crippen LogP contribution in [0, 0.1) is 5.92 Å². The van der Waals surface area contributed by atoms with Gasteiger partial charge in [0, 0.05) is 14.3 Å². The van der Waals surface area contributed by atoms with Crippen LogP contribution in [0.25, 0.3) is 9.40 Å². The average Bonchev–Trinajstić information content (AvgIpc) is 3.39. The molecule has 0 saturated carbocycles. The predicted molar refractivity (Wildman–Crippen MR) is 151 cm³/mol. The Hall–Kier alpha value is -0.340. The van der Waals surface area contributed by atoms with Gasteiger partial charge < -0.3 is 0 Å². The zero-order chi connectivity index (χ0) is 22.7. The molecule has 2 rings (SSSR count). The van der Waals surface area contributed by atoms with Crippen LogP contribution in [-0.2, 0) is 6.42 Å². The fourth-order valence-corrected chi connectivity index (χ4v) is 7.18. The highest BCUT2D eigenvalue weighted by atomic mass is 32.1. The van der Waals surface area contributed by atoms with E-state index >= 15 is 0 Å². The van der Waals surface area contributed by atoms with Gasteiger partial charge in [-0.2, -0.15) is 0 Å². The molecule has 2 heteroatoms. The van der Waals surface area contributed by atoms with Crippen molar-refractivity contribution in [3.63, 3.8) is 0 Å². The summed E-state index contributed by atoms with van der Waals surface area (Å²) in [4.78, 5) is 1.62. The van der Waals surface area contributed by atoms with Crippen molar-refractivity contribution >= 4 is 32.1 Å². The number of unbranched alkanes of at least 4 members (excludes halogenated alkanes) is 15. The summed E-state index contributed by atoms with van der Waals surface area (Å²) in [6, 6.07) is 4.77. The molecule has 32 heavy (non-hydrogen) atoms. The van der Waals surface area contributed by atoms with Crippen LogP contribution in [0.3, 0.4) is 0 Å². The lowest BCUT2D eigenvalue weighted by Gasteiger charge is -2.17. The van der Waals surface area contributed by atoms with Crippen molar-refractivity contribution in [1.29, 1.82) is 0 Å². The molecule has 1 unspecified atom stereocenters. The summed E-state index contributed by atoms with van der Waals surface area (Å²) < 4.78 is 3.01. The summed E-state index contributed by atoms with van der Waals surface area (Å²) in [5.41, 5.74) is 0. The fraction of sp³-hybridized carbons (Fsp3) is 0.800. The van der Waals surface area contributed by atoms with Crippen molar-refractivity contribution in [3.05, 3.63) is 22.4 Å². The summed E-state index contributed by atoms with van der Waals surface area (Å²) >= 11 is 3.95. The Balaban J connectivity index is 1.61. The van der Waals surface area contributed by atoms with Crippen LogP contribution in [0.4, 0.5) is 0 Å². The highest BCUT2D eigenvalue weighted by Gasteiger charge is 2.11. The zero-order valence-corrected chi connectivity index (χ0v) is 23.1. The molecule has 0 N–H and O–H groups in total. The van der Waals surface area contributed by atoms with E-state index in [1.54, 1.807) is 4.88 Å². The van der Waals surface area contributed by atoms with Gasteiger partial charge in [-0.05, 0) is 36.3 Å². The molecule has 2 aromatic rings. The number of aryl methyl sites for hydroxylation is 1. The predicted octanol–water partition coefficient (Wildman–Crippen LogP) is 12.0. The topological polar surface area (TPSA) is 0 Å². The summed E-state index contributed by atoms with van der Waals surface area (Å²) in [6.45, 7) is 4.62. The first kappa shape index (κ1) is 27.9. The Bertz CT molecular complexity index is 624. The van der Waals surface area contributed by atoms with E-state index in [-0.39, 0.29) is 0 Å². The van der Waals surface area contributed by atoms with E-state index < -0.39 is 0 Å². The van der Waals surface area contributed by atoms with E-state index in [1.807, 2.05) is 22.7 Å². The van der Waals surface area contributed by atoms with Gasteiger partial charge in [-0.15, -0.1) is 22.7 Å². The minimum atomic E-state index is 0.958. The molecular weight excluding hydrogens is 424 g/mol. The van der Waals surface area contributed by atoms with Gasteiger partial charge in [0.1, 0.15) is 0 Å². The molecular formula is C30H52S2. The maximum atomic E-state index is 2.47. The molecule has 1 atom stereocenters. The van der Waals surface area contributed by atoms with Crippen LogP contribution in [0.5, 0.6) is 0 Å². The van der Waals surface area contributed by atoms with Gasteiger partial charge in [0.2, 0.25) is 0 Å². The smallest absolute Gasteiger partial charge is 0.0453 e. The van der Waals surface area contributed by atoms with Gasteiger partial charge in [0.25, 0.3) is 0 Å². The standard InChI is InChI=1S/C30H52S2/c1-3-5-7-9-11-13-15-17-19-21-27(20-18-16-14-12-10-8-6-4-2)22-23-28-26-30-29(32-28)24-25-31-30/h24-27H,3-23H2,1-2H3. The Labute approximate surface area is 208 Å². The lowest BCUT2D eigenvalue weighted by atomic mass is 9.90. The van der Waals surface area contributed by atoms with Crippen LogP contribution in [0.15, 0.2) is 17.5 Å². The van der Waals surface area contributed by atoms with Crippen LogP contribution in [0.1, 0.15) is 147 Å². The highest BCUT2D eigenvalue weighted by Crippen LogP contribution is 2.32. The van der Waals surface area contributed by atoms with Crippen molar-refractivity contribution in [2.24, 2.45) is 5.92 Å². The molecule has 0 amide bonds. The van der Waals surface area contributed by atoms with Crippen LogP contribution >= 0.6 is 22.7 Å². The molecule has 0 nitrogen and oxygen atoms in total. The number of hydrogen-bond acceptors (Lipinski definition) is 2. The molecule has 0 aliphatic heterocycles. The van der Waals surface area contributed by atoms with Gasteiger partial charge in [-0.3, -0.25) is 0 Å². The first-order valence-corrected chi connectivity index (χ1v) is 16.0. The van der Waals surface area contributed by atoms with Crippen molar-refractivity contribution < 1.29 is 0 Å². The van der Waals surface area contributed by atoms with E-state index in [0.29, 0.717) is 0 Å². The van der Waals surface area contributed by atoms with E-state index in [0.717, 1.165) is 5.92 Å². The average molecular weight is 477 g/mol. The highest BCUT2D eigenvalue weighted by molar-refractivity contribution is 7.26. The van der Waals surface area contributed by atoms with Crippen molar-refractivity contribution in [1.82, 2.24) is 0 Å². The van der Waals surface area contributed by atoms with Gasteiger partial charge >= 0.3 is 0 Å². The molecule has 2 heterocycles. The van der Waals surface area contributed by atoms with E-state index in [9.17, 15) is 0 Å². The zero-order valence-electron chi connectivity index (χ0n) is 21.5. The Kier molecular flexibility index (Phi) is 16.6. The monoisotopic (exact) mass is 476 g/mol. The lowest BCUT2D eigenvalue weighted by Crippen LogP contribution is -2.03.